The third kappa shape index (κ3) is 5.78. The predicted octanol–water partition coefficient (Wildman–Crippen LogP) is 3.06. The molecule has 4 rings (SSSR count). The van der Waals surface area contributed by atoms with Crippen LogP contribution in [0.2, 0.25) is 0 Å². The van der Waals surface area contributed by atoms with E-state index >= 15 is 0 Å². The number of ether oxygens (including phenoxy) is 3. The highest BCUT2D eigenvalue weighted by atomic mass is 19.4. The summed E-state index contributed by atoms with van der Waals surface area (Å²) >= 11 is 0. The predicted molar refractivity (Wildman–Crippen MR) is 139 cm³/mol. The molecule has 220 valence electrons. The number of nitrogens with one attached hydrogen (secondary N) is 1. The number of pyridine rings is 1. The van der Waals surface area contributed by atoms with E-state index in [1.54, 1.807) is 6.92 Å². The summed E-state index contributed by atoms with van der Waals surface area (Å²) in [5.41, 5.74) is 1.07. The minimum atomic E-state index is -5.28. The largest absolute Gasteiger partial charge is 0.493 e. The van der Waals surface area contributed by atoms with Gasteiger partial charge >= 0.3 is 6.18 Å². The normalized spacial score (nSPS) is 17.8. The highest BCUT2D eigenvalue weighted by molar-refractivity contribution is 5.95. The molecule has 13 heteroatoms. The fraction of sp³-hybridized carbons (Fsp3) is 0.357. The zero-order valence-electron chi connectivity index (χ0n) is 22.2. The number of alkyl halides is 3. The van der Waals surface area contributed by atoms with E-state index in [1.165, 1.54) is 37.4 Å². The number of benzene rings is 2. The van der Waals surface area contributed by atoms with Gasteiger partial charge < -0.3 is 35.5 Å². The van der Waals surface area contributed by atoms with Crippen molar-refractivity contribution in [3.8, 4) is 28.5 Å². The first-order valence-electron chi connectivity index (χ1n) is 12.5. The summed E-state index contributed by atoms with van der Waals surface area (Å²) in [5, 5.41) is 22.2. The lowest BCUT2D eigenvalue weighted by atomic mass is 9.82. The Kier molecular flexibility index (Phi) is 8.43. The molecule has 0 saturated carbocycles. The van der Waals surface area contributed by atoms with Gasteiger partial charge in [-0.3, -0.25) is 4.79 Å². The number of hydrogen-bond donors (Lipinski definition) is 4. The number of rotatable bonds is 10. The number of hydrogen-bond acceptors (Lipinski definition) is 8. The molecule has 1 amide bonds. The van der Waals surface area contributed by atoms with Gasteiger partial charge in [0.1, 0.15) is 23.9 Å². The lowest BCUT2D eigenvalue weighted by molar-refractivity contribution is -0.265. The van der Waals surface area contributed by atoms with Gasteiger partial charge in [0.2, 0.25) is 5.60 Å². The number of fused-ring (bicyclic) bond motifs is 1. The van der Waals surface area contributed by atoms with E-state index in [0.717, 1.165) is 18.2 Å². The van der Waals surface area contributed by atoms with Crippen molar-refractivity contribution in [3.05, 3.63) is 71.2 Å². The summed E-state index contributed by atoms with van der Waals surface area (Å²) in [7, 11) is 1.31. The van der Waals surface area contributed by atoms with Crippen LogP contribution in [0.5, 0.6) is 17.2 Å². The fourth-order valence-corrected chi connectivity index (χ4v) is 4.35. The van der Waals surface area contributed by atoms with E-state index in [9.17, 15) is 27.5 Å². The topological polar surface area (TPSA) is 136 Å². The number of nitrogens with two attached hydrogens (primary N) is 1. The maximum atomic E-state index is 14.5. The van der Waals surface area contributed by atoms with E-state index in [2.05, 4.69) is 10.3 Å². The Bertz CT molecular complexity index is 1420. The van der Waals surface area contributed by atoms with Crippen molar-refractivity contribution in [2.75, 3.05) is 40.0 Å². The maximum Gasteiger partial charge on any atom is 0.424 e. The van der Waals surface area contributed by atoms with Crippen LogP contribution in [-0.4, -0.2) is 67.3 Å². The number of carbonyl (C=O) groups excluding carboxylic acids is 1. The average Bonchev–Trinajstić information content (AvgIpc) is 3.30. The molecule has 5 N–H and O–H groups in total. The quantitative estimate of drug-likeness (QED) is 0.269. The van der Waals surface area contributed by atoms with Crippen LogP contribution < -0.4 is 25.3 Å². The number of carbonyl (C=O) groups is 1. The molecular formula is C28H29F4N3O6. The molecule has 1 aliphatic heterocycles. The Balaban J connectivity index is 1.73. The minimum Gasteiger partial charge on any atom is -0.493 e. The molecular weight excluding hydrogens is 550 g/mol. The zero-order chi connectivity index (χ0) is 30.0. The van der Waals surface area contributed by atoms with Gasteiger partial charge in [-0.05, 0) is 48.5 Å². The van der Waals surface area contributed by atoms with Gasteiger partial charge in [-0.1, -0.05) is 6.92 Å². The molecule has 2 heterocycles. The molecule has 2 atom stereocenters. The van der Waals surface area contributed by atoms with Crippen LogP contribution in [-0.2, 0) is 11.0 Å². The number of aliphatic hydroxyl groups is 2. The number of methoxy groups -OCH3 is 1. The number of aliphatic hydroxyl groups excluding tert-OH is 1. The third-order valence-electron chi connectivity index (χ3n) is 6.90. The fourth-order valence-electron chi connectivity index (χ4n) is 4.35. The van der Waals surface area contributed by atoms with Crippen molar-refractivity contribution >= 4 is 5.91 Å². The van der Waals surface area contributed by atoms with E-state index < -0.39 is 41.2 Å². The van der Waals surface area contributed by atoms with Crippen LogP contribution in [0.3, 0.4) is 0 Å². The van der Waals surface area contributed by atoms with Gasteiger partial charge in [-0.25, -0.2) is 9.37 Å². The first-order valence-corrected chi connectivity index (χ1v) is 12.5. The van der Waals surface area contributed by atoms with E-state index in [-0.39, 0.29) is 60.4 Å². The molecule has 0 bridgehead atoms. The SMILES string of the molecule is COc1cc(C(=O)NC[C@@](O)(c2cc3c(c(-c4ccc(F)cc4)n2)OCC3(C)CN)C(F)(F)F)ccc1OCCO. The lowest BCUT2D eigenvalue weighted by Gasteiger charge is -2.31. The van der Waals surface area contributed by atoms with Gasteiger partial charge in [0.05, 0.1) is 32.6 Å². The number of halogens is 4. The lowest BCUT2D eigenvalue weighted by Crippen LogP contribution is -2.51. The van der Waals surface area contributed by atoms with E-state index in [0.29, 0.717) is 5.56 Å². The van der Waals surface area contributed by atoms with Crippen LogP contribution in [0, 0.1) is 5.82 Å². The first kappa shape index (κ1) is 30.0. The summed E-state index contributed by atoms with van der Waals surface area (Å²) in [4.78, 5) is 17.0. The Labute approximate surface area is 232 Å². The minimum absolute atomic E-state index is 0.0212. The van der Waals surface area contributed by atoms with E-state index in [1.807, 2.05) is 0 Å². The van der Waals surface area contributed by atoms with Crippen molar-refractivity contribution in [1.82, 2.24) is 10.3 Å². The Morgan fingerprint density at radius 2 is 1.88 bits per heavy atom. The van der Waals surface area contributed by atoms with Crippen LogP contribution in [0.15, 0.2) is 48.5 Å². The van der Waals surface area contributed by atoms with Crippen molar-refractivity contribution in [3.63, 3.8) is 0 Å². The number of amides is 1. The molecule has 0 radical (unpaired) electrons. The van der Waals surface area contributed by atoms with Crippen LogP contribution >= 0.6 is 0 Å². The van der Waals surface area contributed by atoms with Crippen LogP contribution in [0.25, 0.3) is 11.3 Å². The number of aromatic nitrogens is 1. The monoisotopic (exact) mass is 579 g/mol. The molecule has 1 aromatic heterocycles. The molecule has 0 fully saturated rings. The van der Waals surface area contributed by atoms with Crippen molar-refractivity contribution < 1.29 is 46.8 Å². The average molecular weight is 580 g/mol. The molecule has 1 aliphatic rings. The van der Waals surface area contributed by atoms with Crippen molar-refractivity contribution in [2.45, 2.75) is 24.1 Å². The van der Waals surface area contributed by atoms with Crippen molar-refractivity contribution in [1.29, 1.82) is 0 Å². The van der Waals surface area contributed by atoms with Gasteiger partial charge in [0.25, 0.3) is 5.91 Å². The highest BCUT2D eigenvalue weighted by Gasteiger charge is 2.57. The summed E-state index contributed by atoms with van der Waals surface area (Å²) in [6.45, 7) is 0.189. The Morgan fingerprint density at radius 1 is 1.17 bits per heavy atom. The van der Waals surface area contributed by atoms with Gasteiger partial charge in [0, 0.05) is 28.7 Å². The molecule has 2 aromatic carbocycles. The summed E-state index contributed by atoms with van der Waals surface area (Å²) in [5.74, 6) is -0.992. The Morgan fingerprint density at radius 3 is 2.49 bits per heavy atom. The molecule has 0 spiro atoms. The van der Waals surface area contributed by atoms with Gasteiger partial charge in [-0.15, -0.1) is 0 Å². The maximum absolute atomic E-state index is 14.5. The first-order chi connectivity index (χ1) is 19.4. The molecule has 0 aliphatic carbocycles. The second kappa shape index (κ2) is 11.5. The highest BCUT2D eigenvalue weighted by Crippen LogP contribution is 2.47. The molecule has 3 aromatic rings. The van der Waals surface area contributed by atoms with Crippen molar-refractivity contribution in [2.24, 2.45) is 5.73 Å². The second-order valence-electron chi connectivity index (χ2n) is 9.77. The number of nitrogens with zero attached hydrogens (tertiary/aromatic N) is 1. The summed E-state index contributed by atoms with van der Waals surface area (Å²) in [6, 6.07) is 9.90. The van der Waals surface area contributed by atoms with Gasteiger partial charge in [-0.2, -0.15) is 13.2 Å². The third-order valence-corrected chi connectivity index (χ3v) is 6.90. The standard InChI is InChI=1S/C28H29F4N3O6/c1-26(13-33)15-41-24-19(26)12-22(35-23(24)16-3-6-18(29)7-4-16)27(38,28(30,31)32)14-34-25(37)17-5-8-20(40-10-9-36)21(11-17)39-2/h3-8,11-12,36,38H,9-10,13-15,33H2,1-2H3,(H,34,37)/t26?,27-/m1/s1. The summed E-state index contributed by atoms with van der Waals surface area (Å²) in [6.07, 6.45) is -5.28. The van der Waals surface area contributed by atoms with Gasteiger partial charge in [0.15, 0.2) is 11.5 Å². The van der Waals surface area contributed by atoms with Crippen LogP contribution in [0.1, 0.15) is 28.5 Å². The second-order valence-corrected chi connectivity index (χ2v) is 9.77. The smallest absolute Gasteiger partial charge is 0.424 e. The zero-order valence-corrected chi connectivity index (χ0v) is 22.2. The Hall–Kier alpha value is -3.94. The summed E-state index contributed by atoms with van der Waals surface area (Å²) < 4.78 is 73.5. The van der Waals surface area contributed by atoms with Crippen LogP contribution in [0.4, 0.5) is 17.6 Å². The molecule has 41 heavy (non-hydrogen) atoms. The molecule has 0 saturated heterocycles. The molecule has 1 unspecified atom stereocenters. The van der Waals surface area contributed by atoms with E-state index in [4.69, 9.17) is 25.1 Å². The molecule has 9 nitrogen and oxygen atoms in total.